The van der Waals surface area contributed by atoms with Gasteiger partial charge in [-0.3, -0.25) is 5.43 Å². The number of aromatic nitrogens is 2. The van der Waals surface area contributed by atoms with Gasteiger partial charge in [-0.1, -0.05) is 12.1 Å². The van der Waals surface area contributed by atoms with Crippen LogP contribution >= 0.6 is 0 Å². The number of fused-ring (bicyclic) bond motifs is 1. The predicted octanol–water partition coefficient (Wildman–Crippen LogP) is 3.22. The zero-order valence-electron chi connectivity index (χ0n) is 11.8. The van der Waals surface area contributed by atoms with Gasteiger partial charge in [0.25, 0.3) is 0 Å². The summed E-state index contributed by atoms with van der Waals surface area (Å²) in [6.45, 7) is 0. The van der Waals surface area contributed by atoms with Crippen molar-refractivity contribution in [2.45, 2.75) is 0 Å². The van der Waals surface area contributed by atoms with Crippen molar-refractivity contribution in [2.75, 3.05) is 12.5 Å². The van der Waals surface area contributed by atoms with E-state index < -0.39 is 0 Å². The van der Waals surface area contributed by atoms with Crippen LogP contribution in [0.2, 0.25) is 0 Å². The molecule has 2 heterocycles. The average Bonchev–Trinajstić information content (AvgIpc) is 2.55. The fourth-order valence-electron chi connectivity index (χ4n) is 2.00. The summed E-state index contributed by atoms with van der Waals surface area (Å²) < 4.78 is 18.6. The molecule has 0 unspecified atom stereocenters. The van der Waals surface area contributed by atoms with E-state index in [1.807, 2.05) is 12.1 Å². The lowest BCUT2D eigenvalue weighted by Crippen LogP contribution is -1.96. The van der Waals surface area contributed by atoms with Crippen LogP contribution < -0.4 is 10.2 Å². The molecule has 0 atom stereocenters. The van der Waals surface area contributed by atoms with Gasteiger partial charge in [0, 0.05) is 17.6 Å². The van der Waals surface area contributed by atoms with Crippen LogP contribution in [-0.4, -0.2) is 23.3 Å². The number of pyridine rings is 2. The van der Waals surface area contributed by atoms with Gasteiger partial charge in [0.15, 0.2) is 0 Å². The highest BCUT2D eigenvalue weighted by atomic mass is 19.1. The number of anilines is 1. The maximum Gasteiger partial charge on any atom is 0.148 e. The predicted molar refractivity (Wildman–Crippen MR) is 83.7 cm³/mol. The number of ether oxygens (including phenoxy) is 1. The van der Waals surface area contributed by atoms with Crippen molar-refractivity contribution in [3.63, 3.8) is 0 Å². The molecule has 0 saturated heterocycles. The number of nitrogens with one attached hydrogen (secondary N) is 1. The Hall–Kier alpha value is -3.02. The van der Waals surface area contributed by atoms with Crippen molar-refractivity contribution in [1.82, 2.24) is 9.97 Å². The molecule has 0 aliphatic rings. The Bertz CT molecular complexity index is 821. The molecule has 1 N–H and O–H groups in total. The molecule has 0 aliphatic carbocycles. The second kappa shape index (κ2) is 6.17. The van der Waals surface area contributed by atoms with E-state index in [9.17, 15) is 4.39 Å². The first kappa shape index (κ1) is 13.9. The van der Waals surface area contributed by atoms with Crippen LogP contribution in [0.3, 0.4) is 0 Å². The van der Waals surface area contributed by atoms with Crippen LogP contribution in [0.15, 0.2) is 53.8 Å². The largest absolute Gasteiger partial charge is 0.494 e. The highest BCUT2D eigenvalue weighted by Gasteiger charge is 2.06. The molecule has 0 spiro atoms. The lowest BCUT2D eigenvalue weighted by Gasteiger charge is -2.05. The van der Waals surface area contributed by atoms with Gasteiger partial charge >= 0.3 is 0 Å². The average molecular weight is 296 g/mol. The van der Waals surface area contributed by atoms with E-state index in [0.29, 0.717) is 28.2 Å². The first-order chi connectivity index (χ1) is 10.8. The highest BCUT2D eigenvalue weighted by molar-refractivity contribution is 5.88. The molecule has 110 valence electrons. The third-order valence-corrected chi connectivity index (χ3v) is 3.00. The number of hydrogen-bond acceptors (Lipinski definition) is 5. The van der Waals surface area contributed by atoms with Gasteiger partial charge in [-0.25, -0.2) is 14.4 Å². The maximum absolute atomic E-state index is 13.4. The Balaban J connectivity index is 1.87. The minimum absolute atomic E-state index is 0.357. The van der Waals surface area contributed by atoms with Crippen LogP contribution in [0.4, 0.5) is 10.2 Å². The molecule has 0 bridgehead atoms. The molecule has 22 heavy (non-hydrogen) atoms. The summed E-state index contributed by atoms with van der Waals surface area (Å²) in [5, 5.41) is 4.75. The standard InChI is InChI=1S/C16H13FN4O/c1-22-14-9-12(17)8-11-5-6-13(20-16(11)14)10-19-21-15-4-2-3-7-18-15/h2-10H,1H3,(H,18,21)/b19-10+. The zero-order valence-corrected chi connectivity index (χ0v) is 11.8. The van der Waals surface area contributed by atoms with E-state index >= 15 is 0 Å². The van der Waals surface area contributed by atoms with Gasteiger partial charge in [-0.05, 0) is 24.3 Å². The normalized spacial score (nSPS) is 11.0. The molecule has 0 saturated carbocycles. The summed E-state index contributed by atoms with van der Waals surface area (Å²) in [6, 6.07) is 11.7. The van der Waals surface area contributed by atoms with Gasteiger partial charge in [0.05, 0.1) is 19.0 Å². The number of methoxy groups -OCH3 is 1. The number of halogens is 1. The molecule has 5 nitrogen and oxygen atoms in total. The molecule has 3 rings (SSSR count). The smallest absolute Gasteiger partial charge is 0.148 e. The highest BCUT2D eigenvalue weighted by Crippen LogP contribution is 2.25. The first-order valence-electron chi connectivity index (χ1n) is 6.60. The van der Waals surface area contributed by atoms with E-state index in [4.69, 9.17) is 4.74 Å². The Labute approximate surface area is 126 Å². The summed E-state index contributed by atoms with van der Waals surface area (Å²) in [4.78, 5) is 8.51. The molecular weight excluding hydrogens is 283 g/mol. The minimum Gasteiger partial charge on any atom is -0.494 e. The lowest BCUT2D eigenvalue weighted by atomic mass is 10.2. The van der Waals surface area contributed by atoms with Crippen LogP contribution in [0, 0.1) is 5.82 Å². The van der Waals surface area contributed by atoms with Gasteiger partial charge in [0.1, 0.15) is 22.9 Å². The van der Waals surface area contributed by atoms with E-state index in [1.165, 1.54) is 19.2 Å². The van der Waals surface area contributed by atoms with Gasteiger partial charge in [-0.2, -0.15) is 5.10 Å². The molecule has 3 aromatic rings. The van der Waals surface area contributed by atoms with Crippen LogP contribution in [0.25, 0.3) is 10.9 Å². The number of nitrogens with zero attached hydrogens (tertiary/aromatic N) is 3. The first-order valence-corrected chi connectivity index (χ1v) is 6.60. The fraction of sp³-hybridized carbons (Fsp3) is 0.0625. The lowest BCUT2D eigenvalue weighted by molar-refractivity contribution is 0.415. The summed E-state index contributed by atoms with van der Waals surface area (Å²) >= 11 is 0. The SMILES string of the molecule is COc1cc(F)cc2ccc(/C=N/Nc3ccccn3)nc12. The number of hydrazone groups is 1. The summed E-state index contributed by atoms with van der Waals surface area (Å²) in [7, 11) is 1.49. The second-order valence-electron chi connectivity index (χ2n) is 4.50. The van der Waals surface area contributed by atoms with Gasteiger partial charge < -0.3 is 4.74 Å². The second-order valence-corrected chi connectivity index (χ2v) is 4.50. The number of benzene rings is 1. The Morgan fingerprint density at radius 2 is 2.14 bits per heavy atom. The zero-order chi connectivity index (χ0) is 15.4. The molecule has 0 fully saturated rings. The topological polar surface area (TPSA) is 59.4 Å². The molecule has 0 amide bonds. The maximum atomic E-state index is 13.4. The van der Waals surface area contributed by atoms with Crippen LogP contribution in [0.1, 0.15) is 5.69 Å². The molecule has 1 aromatic carbocycles. The quantitative estimate of drug-likeness (QED) is 0.593. The third kappa shape index (κ3) is 3.01. The summed E-state index contributed by atoms with van der Waals surface area (Å²) in [5.41, 5.74) is 4.02. The van der Waals surface area contributed by atoms with E-state index in [2.05, 4.69) is 20.5 Å². The monoisotopic (exact) mass is 296 g/mol. The number of hydrogen-bond donors (Lipinski definition) is 1. The fourth-order valence-corrected chi connectivity index (χ4v) is 2.00. The van der Waals surface area contributed by atoms with Crippen LogP contribution in [-0.2, 0) is 0 Å². The van der Waals surface area contributed by atoms with Crippen molar-refractivity contribution < 1.29 is 9.13 Å². The summed E-state index contributed by atoms with van der Waals surface area (Å²) in [6.07, 6.45) is 3.24. The third-order valence-electron chi connectivity index (χ3n) is 3.00. The molecule has 2 aromatic heterocycles. The van der Waals surface area contributed by atoms with E-state index in [0.717, 1.165) is 0 Å². The van der Waals surface area contributed by atoms with E-state index in [1.54, 1.807) is 30.6 Å². The molecule has 0 aliphatic heterocycles. The molecule has 6 heteroatoms. The Morgan fingerprint density at radius 1 is 1.23 bits per heavy atom. The van der Waals surface area contributed by atoms with Crippen molar-refractivity contribution >= 4 is 22.9 Å². The summed E-state index contributed by atoms with van der Waals surface area (Å²) in [5.74, 6) is 0.673. The molecular formula is C16H13FN4O. The number of rotatable bonds is 4. The van der Waals surface area contributed by atoms with Crippen molar-refractivity contribution in [1.29, 1.82) is 0 Å². The van der Waals surface area contributed by atoms with Gasteiger partial charge in [-0.15, -0.1) is 0 Å². The molecule has 0 radical (unpaired) electrons. The minimum atomic E-state index is -0.357. The van der Waals surface area contributed by atoms with Crippen molar-refractivity contribution in [2.24, 2.45) is 5.10 Å². The van der Waals surface area contributed by atoms with Gasteiger partial charge in [0.2, 0.25) is 0 Å². The van der Waals surface area contributed by atoms with Crippen LogP contribution in [0.5, 0.6) is 5.75 Å². The Kier molecular flexibility index (Phi) is 3.91. The van der Waals surface area contributed by atoms with E-state index in [-0.39, 0.29) is 5.82 Å². The van der Waals surface area contributed by atoms with Crippen molar-refractivity contribution in [3.05, 3.63) is 60.2 Å². The Morgan fingerprint density at radius 3 is 2.91 bits per heavy atom. The van der Waals surface area contributed by atoms with Crippen molar-refractivity contribution in [3.8, 4) is 5.75 Å².